The first-order valence-electron chi connectivity index (χ1n) is 8.49. The molecule has 3 nitrogen and oxygen atoms in total. The smallest absolute Gasteiger partial charge is 0.289 e. The lowest BCUT2D eigenvalue weighted by atomic mass is 9.93. The Morgan fingerprint density at radius 2 is 1.92 bits per heavy atom. The number of hydrogen-bond acceptors (Lipinski definition) is 2. The molecule has 2 saturated carbocycles. The van der Waals surface area contributed by atoms with Gasteiger partial charge in [-0.15, -0.1) is 0 Å². The van der Waals surface area contributed by atoms with Crippen molar-refractivity contribution in [2.45, 2.75) is 31.9 Å². The molecule has 1 heterocycles. The Kier molecular flexibility index (Phi) is 3.97. The van der Waals surface area contributed by atoms with Crippen molar-refractivity contribution in [1.82, 2.24) is 9.78 Å². The summed E-state index contributed by atoms with van der Waals surface area (Å²) in [5.41, 5.74) is -0.606. The quantitative estimate of drug-likeness (QED) is 0.438. The van der Waals surface area contributed by atoms with Crippen LogP contribution >= 0.6 is 0 Å². The van der Waals surface area contributed by atoms with E-state index in [9.17, 15) is 22.4 Å². The Labute approximate surface area is 147 Å². The van der Waals surface area contributed by atoms with Crippen LogP contribution in [0.1, 0.15) is 41.7 Å². The van der Waals surface area contributed by atoms with Crippen LogP contribution in [0.15, 0.2) is 42.1 Å². The Morgan fingerprint density at radius 1 is 1.19 bits per heavy atom. The first-order chi connectivity index (χ1) is 12.3. The summed E-state index contributed by atoms with van der Waals surface area (Å²) in [4.78, 5) is 12.6. The van der Waals surface area contributed by atoms with Gasteiger partial charge in [0, 0.05) is 0 Å². The molecule has 0 aliphatic heterocycles. The van der Waals surface area contributed by atoms with Gasteiger partial charge < -0.3 is 0 Å². The zero-order valence-electron chi connectivity index (χ0n) is 13.8. The van der Waals surface area contributed by atoms with E-state index >= 15 is 0 Å². The number of fused-ring (bicyclic) bond motifs is 2. The van der Waals surface area contributed by atoms with Crippen LogP contribution in [-0.4, -0.2) is 15.6 Å². The van der Waals surface area contributed by atoms with Crippen molar-refractivity contribution in [2.24, 2.45) is 11.8 Å². The lowest BCUT2D eigenvalue weighted by Gasteiger charge is -2.14. The monoisotopic (exact) mass is 364 g/mol. The number of allylic oxidation sites excluding steroid dienone is 2. The molecule has 136 valence electrons. The highest BCUT2D eigenvalue weighted by molar-refractivity contribution is 6.06. The van der Waals surface area contributed by atoms with Crippen molar-refractivity contribution in [1.29, 1.82) is 0 Å². The predicted octanol–water partition coefficient (Wildman–Crippen LogP) is 4.96. The average Bonchev–Trinajstić information content (AvgIpc) is 3.29. The Hall–Kier alpha value is -2.44. The minimum absolute atomic E-state index is 0.0466. The Balaban J connectivity index is 1.73. The molecule has 2 fully saturated rings. The van der Waals surface area contributed by atoms with Crippen molar-refractivity contribution >= 4 is 5.78 Å². The van der Waals surface area contributed by atoms with Crippen LogP contribution in [0.4, 0.5) is 17.6 Å². The van der Waals surface area contributed by atoms with Gasteiger partial charge in [-0.05, 0) is 67.9 Å². The molecule has 2 aliphatic carbocycles. The summed E-state index contributed by atoms with van der Waals surface area (Å²) in [5.74, 6) is -0.353. The van der Waals surface area contributed by atoms with Gasteiger partial charge in [0.05, 0.1) is 17.4 Å². The molecule has 7 heteroatoms. The summed E-state index contributed by atoms with van der Waals surface area (Å²) in [6.45, 7) is 0. The molecule has 2 bridgehead atoms. The van der Waals surface area contributed by atoms with Gasteiger partial charge in [0.2, 0.25) is 0 Å². The highest BCUT2D eigenvalue weighted by Gasteiger charge is 2.41. The number of aromatic nitrogens is 2. The average molecular weight is 364 g/mol. The summed E-state index contributed by atoms with van der Waals surface area (Å²) in [6, 6.07) is 4.49. The zero-order valence-corrected chi connectivity index (χ0v) is 13.8. The fourth-order valence-corrected chi connectivity index (χ4v) is 4.10. The standard InChI is InChI=1S/C19H16F4N2O/c20-14-3-5-15(6-4-14)25-18(19(21,22)23)16(10-24-25)17(26)9-13-8-11-1-2-12(13)7-11/h3-6,9-12H,1-2,7-8H2/b13-9+/t11-,12+/m0/s1. The van der Waals surface area contributed by atoms with Gasteiger partial charge >= 0.3 is 6.18 Å². The molecular weight excluding hydrogens is 348 g/mol. The van der Waals surface area contributed by atoms with Crippen LogP contribution in [-0.2, 0) is 6.18 Å². The normalized spacial score (nSPS) is 23.8. The second kappa shape index (κ2) is 6.07. The van der Waals surface area contributed by atoms with Gasteiger partial charge in [0.15, 0.2) is 11.5 Å². The molecule has 0 spiro atoms. The number of rotatable bonds is 3. The Morgan fingerprint density at radius 3 is 2.50 bits per heavy atom. The molecular formula is C19H16F4N2O. The maximum absolute atomic E-state index is 13.6. The number of carbonyl (C=O) groups is 1. The summed E-state index contributed by atoms with van der Waals surface area (Å²) in [7, 11) is 0. The molecule has 0 unspecified atom stereocenters. The highest BCUT2D eigenvalue weighted by Crippen LogP contribution is 2.48. The highest BCUT2D eigenvalue weighted by atomic mass is 19.4. The molecule has 0 radical (unpaired) electrons. The van der Waals surface area contributed by atoms with Crippen molar-refractivity contribution in [3.05, 3.63) is 59.2 Å². The van der Waals surface area contributed by atoms with E-state index in [2.05, 4.69) is 5.10 Å². The third kappa shape index (κ3) is 2.95. The summed E-state index contributed by atoms with van der Waals surface area (Å²) in [5, 5.41) is 3.75. The summed E-state index contributed by atoms with van der Waals surface area (Å²) >= 11 is 0. The van der Waals surface area contributed by atoms with Gasteiger partial charge in [-0.3, -0.25) is 4.79 Å². The van der Waals surface area contributed by atoms with Crippen LogP contribution in [0.2, 0.25) is 0 Å². The van der Waals surface area contributed by atoms with Crippen LogP contribution in [0, 0.1) is 17.7 Å². The zero-order chi connectivity index (χ0) is 18.5. The third-order valence-corrected chi connectivity index (χ3v) is 5.28. The van der Waals surface area contributed by atoms with Crippen molar-refractivity contribution in [3.63, 3.8) is 0 Å². The second-order valence-corrected chi connectivity index (χ2v) is 6.96. The SMILES string of the molecule is O=C(/C=C1\C[C@H]2CC[C@@H]1C2)c1cnn(-c2ccc(F)cc2)c1C(F)(F)F. The van der Waals surface area contributed by atoms with Crippen molar-refractivity contribution < 1.29 is 22.4 Å². The minimum Gasteiger partial charge on any atom is -0.289 e. The number of hydrogen-bond donors (Lipinski definition) is 0. The van der Waals surface area contributed by atoms with E-state index in [1.165, 1.54) is 18.2 Å². The molecule has 0 N–H and O–H groups in total. The molecule has 1 aromatic heterocycles. The van der Waals surface area contributed by atoms with E-state index in [1.54, 1.807) is 0 Å². The predicted molar refractivity (Wildman–Crippen MR) is 86.4 cm³/mol. The van der Waals surface area contributed by atoms with Gasteiger partial charge in [-0.25, -0.2) is 9.07 Å². The molecule has 2 atom stereocenters. The lowest BCUT2D eigenvalue weighted by molar-refractivity contribution is -0.143. The number of ketones is 1. The van der Waals surface area contributed by atoms with Crippen molar-refractivity contribution in [3.8, 4) is 5.69 Å². The van der Waals surface area contributed by atoms with Gasteiger partial charge in [0.1, 0.15) is 5.82 Å². The van der Waals surface area contributed by atoms with Gasteiger partial charge in [-0.1, -0.05) is 5.57 Å². The number of carbonyl (C=O) groups excluding carboxylic acids is 1. The second-order valence-electron chi connectivity index (χ2n) is 6.96. The molecule has 2 aromatic rings. The summed E-state index contributed by atoms with van der Waals surface area (Å²) < 4.78 is 54.6. The van der Waals surface area contributed by atoms with Crippen molar-refractivity contribution in [2.75, 3.05) is 0 Å². The number of alkyl halides is 3. The maximum atomic E-state index is 13.6. The van der Waals surface area contributed by atoms with Crippen LogP contribution < -0.4 is 0 Å². The van der Waals surface area contributed by atoms with Gasteiger partial charge in [-0.2, -0.15) is 18.3 Å². The first kappa shape index (κ1) is 17.0. The number of benzene rings is 1. The largest absolute Gasteiger partial charge is 0.434 e. The number of nitrogens with zero attached hydrogens (tertiary/aromatic N) is 2. The van der Waals surface area contributed by atoms with E-state index in [0.29, 0.717) is 16.5 Å². The molecule has 4 rings (SSSR count). The molecule has 26 heavy (non-hydrogen) atoms. The molecule has 2 aliphatic rings. The van der Waals surface area contributed by atoms with Crippen LogP contribution in [0.25, 0.3) is 5.69 Å². The topological polar surface area (TPSA) is 34.9 Å². The first-order valence-corrected chi connectivity index (χ1v) is 8.49. The van der Waals surface area contributed by atoms with Gasteiger partial charge in [0.25, 0.3) is 0 Å². The van der Waals surface area contributed by atoms with E-state index in [1.807, 2.05) is 0 Å². The molecule has 1 aromatic carbocycles. The number of halogens is 4. The fourth-order valence-electron chi connectivity index (χ4n) is 4.10. The van der Waals surface area contributed by atoms with E-state index < -0.39 is 29.0 Å². The molecule has 0 saturated heterocycles. The van der Waals surface area contributed by atoms with E-state index in [-0.39, 0.29) is 5.69 Å². The van der Waals surface area contributed by atoms with E-state index in [0.717, 1.165) is 49.6 Å². The van der Waals surface area contributed by atoms with E-state index in [4.69, 9.17) is 0 Å². The third-order valence-electron chi connectivity index (χ3n) is 5.28. The lowest BCUT2D eigenvalue weighted by Crippen LogP contribution is -2.17. The Bertz CT molecular complexity index is 880. The minimum atomic E-state index is -4.76. The van der Waals surface area contributed by atoms with Crippen LogP contribution in [0.5, 0.6) is 0 Å². The summed E-state index contributed by atoms with van der Waals surface area (Å²) in [6.07, 6.45) is 1.51. The fraction of sp³-hybridized carbons (Fsp3) is 0.368. The molecule has 0 amide bonds. The van der Waals surface area contributed by atoms with Crippen LogP contribution in [0.3, 0.4) is 0 Å². The maximum Gasteiger partial charge on any atom is 0.434 e.